The first kappa shape index (κ1) is 21.1. The van der Waals surface area contributed by atoms with Crippen molar-refractivity contribution in [1.82, 2.24) is 10.1 Å². The molecule has 0 saturated carbocycles. The second-order valence-corrected chi connectivity index (χ2v) is 8.16. The number of aryl methyl sites for hydroxylation is 1. The summed E-state index contributed by atoms with van der Waals surface area (Å²) < 4.78 is 6.16. The topological polar surface area (TPSA) is 69.7 Å². The molecule has 1 aliphatic heterocycles. The van der Waals surface area contributed by atoms with E-state index >= 15 is 0 Å². The lowest BCUT2D eigenvalue weighted by Gasteiger charge is -2.41. The molecule has 0 spiro atoms. The number of benzene rings is 2. The molecule has 1 fully saturated rings. The monoisotopic (exact) mass is 439 g/mol. The highest BCUT2D eigenvalue weighted by atomic mass is 35.5. The number of piperazine rings is 1. The molecule has 160 valence electrons. The molecule has 1 aromatic heterocycles. The summed E-state index contributed by atoms with van der Waals surface area (Å²) >= 11 is 6.44. The number of rotatable bonds is 4. The molecule has 0 bridgehead atoms. The van der Waals surface area contributed by atoms with Gasteiger partial charge in [-0.05, 0) is 19.9 Å². The van der Waals surface area contributed by atoms with Gasteiger partial charge in [0.25, 0.3) is 11.6 Å². The fourth-order valence-corrected chi connectivity index (χ4v) is 4.28. The van der Waals surface area contributed by atoms with Crippen LogP contribution in [0.25, 0.3) is 11.3 Å². The van der Waals surface area contributed by atoms with Crippen molar-refractivity contribution in [3.05, 3.63) is 69.8 Å². The zero-order valence-corrected chi connectivity index (χ0v) is 18.5. The Morgan fingerprint density at radius 3 is 2.58 bits per heavy atom. The van der Waals surface area contributed by atoms with Crippen LogP contribution < -0.4 is 4.90 Å². The quantitative estimate of drug-likeness (QED) is 0.551. The van der Waals surface area contributed by atoms with Crippen LogP contribution in [0.15, 0.2) is 53.1 Å². The van der Waals surface area contributed by atoms with Crippen LogP contribution in [0.4, 0.5) is 11.4 Å². The van der Waals surface area contributed by atoms with Crippen molar-refractivity contribution in [1.29, 1.82) is 0 Å². The molecular formula is C23H24ClN4O3+. The van der Waals surface area contributed by atoms with Crippen molar-refractivity contribution < 1.29 is 14.1 Å². The number of nitrogens with zero attached hydrogens (tertiary/aromatic N) is 4. The van der Waals surface area contributed by atoms with E-state index in [2.05, 4.69) is 10.1 Å². The molecule has 2 aromatic carbocycles. The van der Waals surface area contributed by atoms with Crippen LogP contribution in [0.5, 0.6) is 0 Å². The molecule has 2 heterocycles. The molecule has 1 atom stereocenters. The molecule has 31 heavy (non-hydrogen) atoms. The average molecular weight is 440 g/mol. The van der Waals surface area contributed by atoms with Gasteiger partial charge in [-0.1, -0.05) is 47.1 Å². The van der Waals surface area contributed by atoms with E-state index in [0.29, 0.717) is 47.4 Å². The third-order valence-electron chi connectivity index (χ3n) is 5.65. The molecule has 7 nitrogen and oxygen atoms in total. The summed E-state index contributed by atoms with van der Waals surface area (Å²) in [5, 5.41) is 4.67. The van der Waals surface area contributed by atoms with Crippen LogP contribution in [0.1, 0.15) is 23.0 Å². The van der Waals surface area contributed by atoms with Crippen LogP contribution in [-0.2, 0) is 0 Å². The predicted octanol–water partition coefficient (Wildman–Crippen LogP) is 4.69. The Labute approximate surface area is 185 Å². The average Bonchev–Trinajstić information content (AvgIpc) is 3.15. The number of hydrogen-bond donors (Lipinski definition) is 0. The minimum atomic E-state index is -0.0841. The minimum absolute atomic E-state index is 0.0444. The van der Waals surface area contributed by atoms with Gasteiger partial charge in [-0.2, -0.15) is 0 Å². The number of hydrogen-bond acceptors (Lipinski definition) is 5. The van der Waals surface area contributed by atoms with Crippen molar-refractivity contribution in [2.24, 2.45) is 0 Å². The number of amides is 1. The maximum absolute atomic E-state index is 13.5. The first-order chi connectivity index (χ1) is 14.9. The van der Waals surface area contributed by atoms with E-state index in [1.807, 2.05) is 48.2 Å². The summed E-state index contributed by atoms with van der Waals surface area (Å²) in [6.45, 7) is 5.58. The Bertz CT molecular complexity index is 1130. The van der Waals surface area contributed by atoms with Gasteiger partial charge in [0, 0.05) is 53.0 Å². The molecule has 0 aliphatic carbocycles. The number of anilines is 1. The van der Waals surface area contributed by atoms with Crippen molar-refractivity contribution in [3.8, 4) is 11.3 Å². The number of halogens is 1. The number of nitroso groups, excluding NO2 is 1. The highest BCUT2D eigenvalue weighted by Crippen LogP contribution is 2.32. The van der Waals surface area contributed by atoms with Crippen molar-refractivity contribution in [3.63, 3.8) is 0 Å². The molecule has 1 unspecified atom stereocenters. The van der Waals surface area contributed by atoms with E-state index in [1.165, 1.54) is 7.05 Å². The number of carbonyl (C=O) groups is 1. The Morgan fingerprint density at radius 2 is 1.94 bits per heavy atom. The van der Waals surface area contributed by atoms with E-state index in [-0.39, 0.29) is 11.9 Å². The zero-order valence-electron chi connectivity index (χ0n) is 17.7. The summed E-state index contributed by atoms with van der Waals surface area (Å²) in [6.07, 6.45) is 0. The van der Waals surface area contributed by atoms with Gasteiger partial charge < -0.3 is 14.3 Å². The highest BCUT2D eigenvalue weighted by molar-refractivity contribution is 6.33. The van der Waals surface area contributed by atoms with Crippen molar-refractivity contribution >= 4 is 28.9 Å². The fourth-order valence-electron chi connectivity index (χ4n) is 3.99. The zero-order chi connectivity index (χ0) is 22.1. The van der Waals surface area contributed by atoms with Crippen molar-refractivity contribution in [2.45, 2.75) is 19.9 Å². The molecular weight excluding hydrogens is 416 g/mol. The molecule has 1 amide bonds. The van der Waals surface area contributed by atoms with Gasteiger partial charge in [0.15, 0.2) is 7.05 Å². The SMILES string of the molecule is Cc1onc(-c2ccccc2)c1C(=O)N1CCN(c2ccc([N+](C)=O)cc2Cl)CC1C. The van der Waals surface area contributed by atoms with Crippen LogP contribution >= 0.6 is 11.6 Å². The van der Waals surface area contributed by atoms with E-state index < -0.39 is 0 Å². The molecule has 1 aliphatic rings. The first-order valence-corrected chi connectivity index (χ1v) is 10.5. The third-order valence-corrected chi connectivity index (χ3v) is 5.95. The van der Waals surface area contributed by atoms with Crippen LogP contribution in [0.2, 0.25) is 5.02 Å². The van der Waals surface area contributed by atoms with Crippen LogP contribution in [-0.4, -0.2) is 53.4 Å². The summed E-state index contributed by atoms with van der Waals surface area (Å²) in [5.41, 5.74) is 3.29. The predicted molar refractivity (Wildman–Crippen MR) is 120 cm³/mol. The summed E-state index contributed by atoms with van der Waals surface area (Å²) in [4.78, 5) is 29.0. The van der Waals surface area contributed by atoms with Crippen LogP contribution in [0, 0.1) is 11.8 Å². The maximum atomic E-state index is 13.5. The lowest BCUT2D eigenvalue weighted by atomic mass is 10.0. The lowest BCUT2D eigenvalue weighted by molar-refractivity contribution is -0.428. The molecule has 0 radical (unpaired) electrons. The fraction of sp³-hybridized carbons (Fsp3) is 0.304. The van der Waals surface area contributed by atoms with E-state index in [9.17, 15) is 9.70 Å². The molecule has 8 heteroatoms. The van der Waals surface area contributed by atoms with Gasteiger partial charge in [-0.25, -0.2) is 0 Å². The second kappa shape index (κ2) is 8.51. The largest absolute Gasteiger partial charge is 0.366 e. The van der Waals surface area contributed by atoms with Crippen molar-refractivity contribution in [2.75, 3.05) is 31.6 Å². The number of aromatic nitrogens is 1. The molecule has 4 rings (SSSR count). The van der Waals surface area contributed by atoms with Gasteiger partial charge in [0.05, 0.1) is 10.7 Å². The summed E-state index contributed by atoms with van der Waals surface area (Å²) in [6, 6.07) is 14.8. The maximum Gasteiger partial charge on any atom is 0.260 e. The lowest BCUT2D eigenvalue weighted by Crippen LogP contribution is -2.54. The Morgan fingerprint density at radius 1 is 1.19 bits per heavy atom. The Kier molecular flexibility index (Phi) is 5.78. The van der Waals surface area contributed by atoms with Gasteiger partial charge in [-0.15, -0.1) is 0 Å². The second-order valence-electron chi connectivity index (χ2n) is 7.76. The molecule has 3 aromatic rings. The standard InChI is InChI=1S/C23H24ClN4O3/c1-15-14-27(20-10-9-18(26(3)30)13-19(20)24)11-12-28(15)23(29)21-16(2)31-25-22(21)17-7-5-4-6-8-17/h4-10,13,15H,11-12,14H2,1-3H3/q+1. The van der Waals surface area contributed by atoms with Crippen LogP contribution in [0.3, 0.4) is 0 Å². The smallest absolute Gasteiger partial charge is 0.260 e. The van der Waals surface area contributed by atoms with E-state index in [0.717, 1.165) is 16.0 Å². The molecule has 0 N–H and O–H groups in total. The Balaban J connectivity index is 1.55. The highest BCUT2D eigenvalue weighted by Gasteiger charge is 2.33. The normalized spacial score (nSPS) is 16.5. The summed E-state index contributed by atoms with van der Waals surface area (Å²) in [7, 11) is 1.44. The third kappa shape index (κ3) is 4.05. The first-order valence-electron chi connectivity index (χ1n) is 10.1. The van der Waals surface area contributed by atoms with Gasteiger partial charge in [0.1, 0.15) is 17.0 Å². The Hall–Kier alpha value is -3.19. The summed E-state index contributed by atoms with van der Waals surface area (Å²) in [5.74, 6) is 0.429. The minimum Gasteiger partial charge on any atom is -0.366 e. The molecule has 1 saturated heterocycles. The van der Waals surface area contributed by atoms with E-state index in [4.69, 9.17) is 16.1 Å². The van der Waals surface area contributed by atoms with Gasteiger partial charge in [0.2, 0.25) is 0 Å². The van der Waals surface area contributed by atoms with Gasteiger partial charge >= 0.3 is 0 Å². The van der Waals surface area contributed by atoms with E-state index in [1.54, 1.807) is 19.1 Å². The van der Waals surface area contributed by atoms with Gasteiger partial charge in [-0.3, -0.25) is 4.79 Å². The number of carbonyl (C=O) groups excluding carboxylic acids is 1.